The minimum absolute atomic E-state index is 0.0406. The van der Waals surface area contributed by atoms with Crippen LogP contribution in [0.2, 0.25) is 0 Å². The zero-order valence-electron chi connectivity index (χ0n) is 16.8. The van der Waals surface area contributed by atoms with Gasteiger partial charge in [-0.25, -0.2) is 4.79 Å². The van der Waals surface area contributed by atoms with Crippen molar-refractivity contribution in [3.63, 3.8) is 0 Å². The van der Waals surface area contributed by atoms with Crippen LogP contribution in [0.3, 0.4) is 0 Å². The van der Waals surface area contributed by atoms with E-state index in [1.54, 1.807) is 17.7 Å². The second kappa shape index (κ2) is 7.48. The Morgan fingerprint density at radius 2 is 2.07 bits per heavy atom. The molecule has 7 heteroatoms. The van der Waals surface area contributed by atoms with Crippen LogP contribution < -0.4 is 10.4 Å². The molecule has 0 fully saturated rings. The van der Waals surface area contributed by atoms with Crippen LogP contribution in [0.5, 0.6) is 5.75 Å². The largest absolute Gasteiger partial charge is 0.491 e. The lowest BCUT2D eigenvalue weighted by molar-refractivity contribution is 0.0885. The van der Waals surface area contributed by atoms with Gasteiger partial charge in [0.15, 0.2) is 5.78 Å². The van der Waals surface area contributed by atoms with Gasteiger partial charge in [-0.1, -0.05) is 0 Å². The summed E-state index contributed by atoms with van der Waals surface area (Å²) in [5.41, 5.74) is 4.08. The summed E-state index contributed by atoms with van der Waals surface area (Å²) in [6, 6.07) is 5.42. The third kappa shape index (κ3) is 3.58. The van der Waals surface area contributed by atoms with Crippen LogP contribution in [0.1, 0.15) is 46.2 Å². The summed E-state index contributed by atoms with van der Waals surface area (Å²) in [5.74, 6) is 0.483. The molecule has 1 atom stereocenters. The highest BCUT2D eigenvalue weighted by Crippen LogP contribution is 2.29. The van der Waals surface area contributed by atoms with E-state index in [0.29, 0.717) is 22.6 Å². The van der Waals surface area contributed by atoms with E-state index in [0.717, 1.165) is 41.5 Å². The zero-order valence-corrected chi connectivity index (χ0v) is 16.8. The number of aliphatic hydroxyl groups excluding tert-OH is 1. The molecular formula is C22H24N2O5. The number of hydrogen-bond donors (Lipinski definition) is 1. The predicted octanol–water partition coefficient (Wildman–Crippen LogP) is 2.74. The predicted molar refractivity (Wildman–Crippen MR) is 108 cm³/mol. The van der Waals surface area contributed by atoms with Crippen molar-refractivity contribution in [3.05, 3.63) is 56.7 Å². The van der Waals surface area contributed by atoms with Crippen LogP contribution >= 0.6 is 0 Å². The number of aromatic nitrogens is 2. The average molecular weight is 396 g/mol. The molecule has 2 heterocycles. The average Bonchev–Trinajstić information content (AvgIpc) is 3.25. The number of aliphatic hydroxyl groups is 1. The van der Waals surface area contributed by atoms with Crippen LogP contribution in [0.15, 0.2) is 27.4 Å². The molecule has 0 radical (unpaired) electrons. The molecule has 7 nitrogen and oxygen atoms in total. The number of ketones is 1. The van der Waals surface area contributed by atoms with Gasteiger partial charge in [0.05, 0.1) is 17.8 Å². The summed E-state index contributed by atoms with van der Waals surface area (Å²) in [4.78, 5) is 23.9. The van der Waals surface area contributed by atoms with E-state index in [2.05, 4.69) is 5.10 Å². The zero-order chi connectivity index (χ0) is 20.7. The van der Waals surface area contributed by atoms with Crippen molar-refractivity contribution >= 4 is 16.8 Å². The van der Waals surface area contributed by atoms with Gasteiger partial charge < -0.3 is 14.3 Å². The molecule has 2 aromatic heterocycles. The molecule has 1 aliphatic rings. The molecule has 3 aromatic rings. The molecule has 152 valence electrons. The summed E-state index contributed by atoms with van der Waals surface area (Å²) in [7, 11) is 0. The molecule has 0 saturated heterocycles. The van der Waals surface area contributed by atoms with Crippen molar-refractivity contribution in [2.24, 2.45) is 0 Å². The summed E-state index contributed by atoms with van der Waals surface area (Å²) < 4.78 is 12.8. The third-order valence-corrected chi connectivity index (χ3v) is 5.50. The van der Waals surface area contributed by atoms with Gasteiger partial charge in [0.25, 0.3) is 0 Å². The number of ether oxygens (including phenoxy) is 1. The van der Waals surface area contributed by atoms with Crippen LogP contribution in [-0.2, 0) is 19.4 Å². The molecule has 0 spiro atoms. The quantitative estimate of drug-likeness (QED) is 0.509. The molecule has 1 N–H and O–H groups in total. The number of benzene rings is 1. The van der Waals surface area contributed by atoms with E-state index in [4.69, 9.17) is 9.15 Å². The Morgan fingerprint density at radius 3 is 2.79 bits per heavy atom. The summed E-state index contributed by atoms with van der Waals surface area (Å²) in [6.07, 6.45) is 1.83. The van der Waals surface area contributed by atoms with Gasteiger partial charge in [-0.05, 0) is 57.7 Å². The number of hydrogen-bond acceptors (Lipinski definition) is 6. The Hall–Kier alpha value is -2.93. The molecule has 1 aromatic carbocycles. The molecule has 0 unspecified atom stereocenters. The van der Waals surface area contributed by atoms with Crippen molar-refractivity contribution in [2.75, 3.05) is 6.61 Å². The lowest BCUT2D eigenvalue weighted by Gasteiger charge is -2.14. The molecule has 0 amide bonds. The van der Waals surface area contributed by atoms with Crippen LogP contribution in [0, 0.1) is 13.8 Å². The van der Waals surface area contributed by atoms with Crippen molar-refractivity contribution in [3.8, 4) is 5.75 Å². The van der Waals surface area contributed by atoms with Crippen molar-refractivity contribution < 1.29 is 19.1 Å². The highest BCUT2D eigenvalue weighted by Gasteiger charge is 2.20. The van der Waals surface area contributed by atoms with Gasteiger partial charge in [-0.3, -0.25) is 9.48 Å². The first-order valence-electron chi connectivity index (χ1n) is 9.79. The van der Waals surface area contributed by atoms with Crippen LogP contribution in [0.4, 0.5) is 0 Å². The van der Waals surface area contributed by atoms with E-state index < -0.39 is 6.10 Å². The van der Waals surface area contributed by atoms with E-state index in [1.807, 2.05) is 19.1 Å². The Kier molecular flexibility index (Phi) is 5.00. The Morgan fingerprint density at radius 1 is 1.31 bits per heavy atom. The Labute approximate surface area is 167 Å². The van der Waals surface area contributed by atoms with Crippen molar-refractivity contribution in [1.82, 2.24) is 9.78 Å². The molecule has 29 heavy (non-hydrogen) atoms. The Bertz CT molecular complexity index is 1160. The minimum atomic E-state index is -0.810. The number of Topliss-reactive ketones (excluding diaryl/α,β-unsaturated/α-hetero) is 1. The second-order valence-electron chi connectivity index (χ2n) is 7.61. The maximum absolute atomic E-state index is 12.1. The van der Waals surface area contributed by atoms with E-state index in [-0.39, 0.29) is 24.6 Å². The lowest BCUT2D eigenvalue weighted by atomic mass is 10.1. The first kappa shape index (κ1) is 19.4. The maximum Gasteiger partial charge on any atom is 0.339 e. The van der Waals surface area contributed by atoms with Crippen LogP contribution in [-0.4, -0.2) is 33.4 Å². The van der Waals surface area contributed by atoms with E-state index in [1.165, 1.54) is 6.92 Å². The standard InChI is InChI=1S/C22H24N2O5/c1-12-21(14(3)25)13(2)24(23-12)10-15(26)11-28-16-7-8-18-17-5-4-6-19(17)22(27)29-20(18)9-16/h7-9,15,26H,4-6,10-11H2,1-3H3/t15-/m0/s1. The molecular weight excluding hydrogens is 372 g/mol. The molecule has 0 bridgehead atoms. The third-order valence-electron chi connectivity index (χ3n) is 5.50. The second-order valence-corrected chi connectivity index (χ2v) is 7.61. The highest BCUT2D eigenvalue weighted by molar-refractivity contribution is 5.96. The van der Waals surface area contributed by atoms with Gasteiger partial charge in [-0.2, -0.15) is 5.10 Å². The van der Waals surface area contributed by atoms with E-state index >= 15 is 0 Å². The number of carbonyl (C=O) groups is 1. The summed E-state index contributed by atoms with van der Waals surface area (Å²) in [5, 5.41) is 15.7. The molecule has 0 aliphatic heterocycles. The SMILES string of the molecule is CC(=O)c1c(C)nn(C[C@H](O)COc2ccc3c4c(c(=O)oc3c2)CCC4)c1C. The number of fused-ring (bicyclic) bond motifs is 3. The molecule has 4 rings (SSSR count). The van der Waals surface area contributed by atoms with Crippen molar-refractivity contribution in [1.29, 1.82) is 0 Å². The number of carbonyl (C=O) groups excluding carboxylic acids is 1. The normalized spacial score (nSPS) is 14.2. The summed E-state index contributed by atoms with van der Waals surface area (Å²) >= 11 is 0. The van der Waals surface area contributed by atoms with Crippen LogP contribution in [0.25, 0.3) is 11.0 Å². The first-order chi connectivity index (χ1) is 13.8. The Balaban J connectivity index is 1.47. The number of nitrogens with zero attached hydrogens (tertiary/aromatic N) is 2. The maximum atomic E-state index is 12.1. The minimum Gasteiger partial charge on any atom is -0.491 e. The monoisotopic (exact) mass is 396 g/mol. The lowest BCUT2D eigenvalue weighted by Crippen LogP contribution is -2.25. The first-order valence-corrected chi connectivity index (χ1v) is 9.79. The van der Waals surface area contributed by atoms with Gasteiger partial charge in [0.2, 0.25) is 0 Å². The fourth-order valence-electron chi connectivity index (χ4n) is 4.18. The summed E-state index contributed by atoms with van der Waals surface area (Å²) in [6.45, 7) is 5.37. The fraction of sp³-hybridized carbons (Fsp3) is 0.409. The highest BCUT2D eigenvalue weighted by atomic mass is 16.5. The van der Waals surface area contributed by atoms with E-state index in [9.17, 15) is 14.7 Å². The number of rotatable bonds is 6. The van der Waals surface area contributed by atoms with Gasteiger partial charge in [0, 0.05) is 22.7 Å². The smallest absolute Gasteiger partial charge is 0.339 e. The van der Waals surface area contributed by atoms with Crippen molar-refractivity contribution in [2.45, 2.75) is 52.7 Å². The van der Waals surface area contributed by atoms with Gasteiger partial charge in [0.1, 0.15) is 24.0 Å². The topological polar surface area (TPSA) is 94.6 Å². The number of aryl methyl sites for hydroxylation is 2. The molecule has 0 saturated carbocycles. The molecule has 1 aliphatic carbocycles. The van der Waals surface area contributed by atoms with Gasteiger partial charge in [-0.15, -0.1) is 0 Å². The van der Waals surface area contributed by atoms with Gasteiger partial charge >= 0.3 is 5.63 Å². The fourth-order valence-corrected chi connectivity index (χ4v) is 4.18.